The van der Waals surface area contributed by atoms with Crippen LogP contribution in [0, 0.1) is 11.8 Å². The van der Waals surface area contributed by atoms with Crippen LogP contribution in [0.5, 0.6) is 0 Å². The Bertz CT molecular complexity index is 226. The second-order valence-electron chi connectivity index (χ2n) is 4.13. The molecule has 1 saturated carbocycles. The van der Waals surface area contributed by atoms with Gasteiger partial charge in [-0.1, -0.05) is 31.9 Å². The number of allylic oxidation sites excluding steroid dienone is 2. The summed E-state index contributed by atoms with van der Waals surface area (Å²) in [5.41, 5.74) is 0. The van der Waals surface area contributed by atoms with E-state index in [0.717, 1.165) is 12.8 Å². The van der Waals surface area contributed by atoms with E-state index in [2.05, 4.69) is 24.4 Å². The monoisotopic (exact) mass is 211 g/mol. The number of carbonyl (C=O) groups excluding carboxylic acids is 1. The van der Waals surface area contributed by atoms with Crippen molar-refractivity contribution >= 4 is 5.91 Å². The number of rotatable bonds is 7. The van der Waals surface area contributed by atoms with Gasteiger partial charge < -0.3 is 10.4 Å². The first kappa shape index (κ1) is 12.2. The summed E-state index contributed by atoms with van der Waals surface area (Å²) in [5.74, 6) is 0.512. The summed E-state index contributed by atoms with van der Waals surface area (Å²) in [7, 11) is 0. The Kier molecular flexibility index (Phi) is 5.40. The molecule has 3 heteroatoms. The molecular formula is C12H21NO2. The SMILES string of the molecule is CCCCC/C=C\C1CC1C(=O)NCO. The topological polar surface area (TPSA) is 49.3 Å². The van der Waals surface area contributed by atoms with Crippen molar-refractivity contribution in [1.29, 1.82) is 0 Å². The average molecular weight is 211 g/mol. The minimum atomic E-state index is -0.248. The molecule has 1 aliphatic rings. The highest BCUT2D eigenvalue weighted by atomic mass is 16.3. The van der Waals surface area contributed by atoms with Crippen LogP contribution < -0.4 is 5.32 Å². The van der Waals surface area contributed by atoms with Gasteiger partial charge in [-0.3, -0.25) is 4.79 Å². The van der Waals surface area contributed by atoms with Crippen LogP contribution in [-0.4, -0.2) is 17.7 Å². The molecule has 0 aliphatic heterocycles. The van der Waals surface area contributed by atoms with Crippen molar-refractivity contribution in [3.63, 3.8) is 0 Å². The molecule has 0 heterocycles. The van der Waals surface area contributed by atoms with Crippen LogP contribution in [0.3, 0.4) is 0 Å². The van der Waals surface area contributed by atoms with Crippen molar-refractivity contribution < 1.29 is 9.90 Å². The summed E-state index contributed by atoms with van der Waals surface area (Å²) in [6, 6.07) is 0. The first-order valence-corrected chi connectivity index (χ1v) is 5.84. The number of nitrogens with one attached hydrogen (secondary N) is 1. The van der Waals surface area contributed by atoms with E-state index in [0.29, 0.717) is 5.92 Å². The van der Waals surface area contributed by atoms with Gasteiger partial charge in [-0.25, -0.2) is 0 Å². The molecule has 1 amide bonds. The number of aliphatic hydroxyl groups is 1. The molecule has 1 fully saturated rings. The van der Waals surface area contributed by atoms with Gasteiger partial charge in [0.1, 0.15) is 6.73 Å². The molecule has 2 atom stereocenters. The number of hydrogen-bond acceptors (Lipinski definition) is 2. The molecule has 2 unspecified atom stereocenters. The zero-order valence-electron chi connectivity index (χ0n) is 9.41. The third-order valence-corrected chi connectivity index (χ3v) is 2.79. The van der Waals surface area contributed by atoms with Crippen LogP contribution in [-0.2, 0) is 4.79 Å². The first-order chi connectivity index (χ1) is 7.29. The minimum absolute atomic E-state index is 0.0132. The van der Waals surface area contributed by atoms with Crippen LogP contribution in [0.1, 0.15) is 39.0 Å². The molecule has 0 spiro atoms. The molecule has 0 radical (unpaired) electrons. The zero-order chi connectivity index (χ0) is 11.1. The van der Waals surface area contributed by atoms with Crippen molar-refractivity contribution in [2.24, 2.45) is 11.8 Å². The number of amides is 1. The summed E-state index contributed by atoms with van der Waals surface area (Å²) >= 11 is 0. The number of aliphatic hydroxyl groups excluding tert-OH is 1. The van der Waals surface area contributed by atoms with Gasteiger partial charge >= 0.3 is 0 Å². The van der Waals surface area contributed by atoms with E-state index in [4.69, 9.17) is 5.11 Å². The predicted molar refractivity (Wildman–Crippen MR) is 60.1 cm³/mol. The summed E-state index contributed by atoms with van der Waals surface area (Å²) in [4.78, 5) is 11.2. The molecule has 3 nitrogen and oxygen atoms in total. The summed E-state index contributed by atoms with van der Waals surface area (Å²) in [6.07, 6.45) is 10.2. The second-order valence-corrected chi connectivity index (χ2v) is 4.13. The highest BCUT2D eigenvalue weighted by molar-refractivity contribution is 5.81. The van der Waals surface area contributed by atoms with Gasteiger partial charge in [0.15, 0.2) is 0 Å². The number of hydrogen-bond donors (Lipinski definition) is 2. The molecule has 0 aromatic carbocycles. The Labute approximate surface area is 91.6 Å². The van der Waals surface area contributed by atoms with Crippen LogP contribution in [0.2, 0.25) is 0 Å². The Morgan fingerprint density at radius 2 is 2.33 bits per heavy atom. The van der Waals surface area contributed by atoms with Crippen molar-refractivity contribution in [2.75, 3.05) is 6.73 Å². The van der Waals surface area contributed by atoms with E-state index in [9.17, 15) is 4.79 Å². The second kappa shape index (κ2) is 6.62. The van der Waals surface area contributed by atoms with Gasteiger partial charge in [-0.15, -0.1) is 0 Å². The van der Waals surface area contributed by atoms with E-state index < -0.39 is 0 Å². The maximum absolute atomic E-state index is 11.2. The van der Waals surface area contributed by atoms with E-state index >= 15 is 0 Å². The van der Waals surface area contributed by atoms with Gasteiger partial charge in [0.25, 0.3) is 0 Å². The van der Waals surface area contributed by atoms with E-state index in [1.54, 1.807) is 0 Å². The van der Waals surface area contributed by atoms with Gasteiger partial charge in [0, 0.05) is 5.92 Å². The molecule has 1 aliphatic carbocycles. The Morgan fingerprint density at radius 1 is 1.53 bits per heavy atom. The maximum Gasteiger partial charge on any atom is 0.225 e. The lowest BCUT2D eigenvalue weighted by atomic mass is 10.2. The van der Waals surface area contributed by atoms with Crippen molar-refractivity contribution in [1.82, 2.24) is 5.32 Å². The molecule has 0 aromatic rings. The highest BCUT2D eigenvalue weighted by Crippen LogP contribution is 2.39. The molecule has 86 valence electrons. The van der Waals surface area contributed by atoms with E-state index in [1.807, 2.05) is 0 Å². The summed E-state index contributed by atoms with van der Waals surface area (Å²) < 4.78 is 0. The predicted octanol–water partition coefficient (Wildman–Crippen LogP) is 1.82. The molecular weight excluding hydrogens is 190 g/mol. The third kappa shape index (κ3) is 4.47. The molecule has 0 saturated heterocycles. The summed E-state index contributed by atoms with van der Waals surface area (Å²) in [6.45, 7) is 1.95. The van der Waals surface area contributed by atoms with Crippen LogP contribution in [0.25, 0.3) is 0 Å². The Balaban J connectivity index is 2.07. The molecule has 0 aromatic heterocycles. The Hall–Kier alpha value is -0.830. The minimum Gasteiger partial charge on any atom is -0.377 e. The normalized spacial score (nSPS) is 24.4. The largest absolute Gasteiger partial charge is 0.377 e. The van der Waals surface area contributed by atoms with E-state index in [1.165, 1.54) is 19.3 Å². The standard InChI is InChI=1S/C12H21NO2/c1-2-3-4-5-6-7-10-8-11(10)12(15)13-9-14/h6-7,10-11,14H,2-5,8-9H2,1H3,(H,13,15)/b7-6-. The molecule has 15 heavy (non-hydrogen) atoms. The average Bonchev–Trinajstić information content (AvgIpc) is 2.97. The highest BCUT2D eigenvalue weighted by Gasteiger charge is 2.40. The smallest absolute Gasteiger partial charge is 0.225 e. The summed E-state index contributed by atoms with van der Waals surface area (Å²) in [5, 5.41) is 11.0. The lowest BCUT2D eigenvalue weighted by molar-refractivity contribution is -0.123. The third-order valence-electron chi connectivity index (χ3n) is 2.79. The van der Waals surface area contributed by atoms with Gasteiger partial charge in [0.2, 0.25) is 5.91 Å². The first-order valence-electron chi connectivity index (χ1n) is 5.84. The van der Waals surface area contributed by atoms with Crippen molar-refractivity contribution in [3.05, 3.63) is 12.2 Å². The van der Waals surface area contributed by atoms with Crippen molar-refractivity contribution in [2.45, 2.75) is 39.0 Å². The van der Waals surface area contributed by atoms with Gasteiger partial charge in [-0.05, 0) is 25.2 Å². The lowest BCUT2D eigenvalue weighted by Gasteiger charge is -1.97. The number of carbonyl (C=O) groups is 1. The lowest BCUT2D eigenvalue weighted by Crippen LogP contribution is -2.26. The molecule has 2 N–H and O–H groups in total. The van der Waals surface area contributed by atoms with Gasteiger partial charge in [0.05, 0.1) is 0 Å². The maximum atomic E-state index is 11.2. The molecule has 1 rings (SSSR count). The molecule has 0 bridgehead atoms. The van der Waals surface area contributed by atoms with E-state index in [-0.39, 0.29) is 18.6 Å². The van der Waals surface area contributed by atoms with Crippen LogP contribution in [0.4, 0.5) is 0 Å². The van der Waals surface area contributed by atoms with Crippen LogP contribution in [0.15, 0.2) is 12.2 Å². The fraction of sp³-hybridized carbons (Fsp3) is 0.750. The fourth-order valence-electron chi connectivity index (χ4n) is 1.72. The van der Waals surface area contributed by atoms with Crippen molar-refractivity contribution in [3.8, 4) is 0 Å². The zero-order valence-corrected chi connectivity index (χ0v) is 9.41. The number of unbranched alkanes of at least 4 members (excludes halogenated alkanes) is 3. The van der Waals surface area contributed by atoms with Gasteiger partial charge in [-0.2, -0.15) is 0 Å². The quantitative estimate of drug-likeness (QED) is 0.383. The van der Waals surface area contributed by atoms with Crippen LogP contribution >= 0.6 is 0 Å². The fourth-order valence-corrected chi connectivity index (χ4v) is 1.72. The Morgan fingerprint density at radius 3 is 3.00 bits per heavy atom.